The number of fused-ring (bicyclic) bond motifs is 1. The number of nitrogens with zero attached hydrogens (tertiary/aromatic N) is 3. The van der Waals surface area contributed by atoms with E-state index in [-0.39, 0.29) is 5.69 Å². The summed E-state index contributed by atoms with van der Waals surface area (Å²) in [4.78, 5) is 3.29. The predicted octanol–water partition coefficient (Wildman–Crippen LogP) is 2.26. The third-order valence-corrected chi connectivity index (χ3v) is 1.73. The molecule has 0 bridgehead atoms. The second kappa shape index (κ2) is 2.63. The highest BCUT2D eigenvalue weighted by atomic mass is 19.4. The second-order valence-electron chi connectivity index (χ2n) is 2.79. The molecule has 2 rings (SSSR count). The Morgan fingerprint density at radius 1 is 1.50 bits per heavy atom. The summed E-state index contributed by atoms with van der Waals surface area (Å²) in [5, 5.41) is 0. The Kier molecular flexibility index (Phi) is 1.67. The highest BCUT2D eigenvalue weighted by Gasteiger charge is 2.31. The molecule has 3 nitrogen and oxygen atoms in total. The first-order valence-corrected chi connectivity index (χ1v) is 3.70. The maximum atomic E-state index is 12.2. The molecular weight excluding hydrogens is 195 g/mol. The van der Waals surface area contributed by atoms with Gasteiger partial charge in [-0.1, -0.05) is 11.6 Å². The van der Waals surface area contributed by atoms with E-state index in [2.05, 4.69) is 17.1 Å². The van der Waals surface area contributed by atoms with Gasteiger partial charge in [0.05, 0.1) is 13.3 Å². The zero-order chi connectivity index (χ0) is 10.3. The Morgan fingerprint density at radius 2 is 2.21 bits per heavy atom. The van der Waals surface area contributed by atoms with Crippen molar-refractivity contribution in [2.45, 2.75) is 6.18 Å². The number of aromatic nitrogens is 1. The van der Waals surface area contributed by atoms with Crippen molar-refractivity contribution in [2.75, 3.05) is 0 Å². The molecule has 0 aliphatic carbocycles. The van der Waals surface area contributed by atoms with Gasteiger partial charge in [-0.2, -0.15) is 18.9 Å². The lowest BCUT2D eigenvalue weighted by molar-refractivity contribution is -0.404. The Hall–Kier alpha value is -1.72. The first-order valence-electron chi connectivity index (χ1n) is 3.70. The van der Waals surface area contributed by atoms with Crippen LogP contribution in [0.2, 0.25) is 0 Å². The SMILES string of the molecule is C=[N+]1[CH-]c2cnc(C(F)(F)F)cc2[N-]1. The van der Waals surface area contributed by atoms with E-state index in [1.165, 1.54) is 11.2 Å². The lowest BCUT2D eigenvalue weighted by Crippen LogP contribution is -2.07. The fraction of sp³-hybridized carbons (Fsp3) is 0.125. The molecule has 2 heterocycles. The van der Waals surface area contributed by atoms with E-state index >= 15 is 0 Å². The molecule has 0 unspecified atom stereocenters. The topological polar surface area (TPSA) is 30.0 Å². The van der Waals surface area contributed by atoms with Crippen molar-refractivity contribution in [1.29, 1.82) is 0 Å². The van der Waals surface area contributed by atoms with Gasteiger partial charge in [0, 0.05) is 0 Å². The first-order chi connectivity index (χ1) is 6.47. The number of alkyl halides is 3. The largest absolute Gasteiger partial charge is 0.468 e. The lowest BCUT2D eigenvalue weighted by atomic mass is 10.2. The summed E-state index contributed by atoms with van der Waals surface area (Å²) >= 11 is 0. The van der Waals surface area contributed by atoms with Crippen LogP contribution in [-0.4, -0.2) is 16.4 Å². The van der Waals surface area contributed by atoms with Gasteiger partial charge < -0.3 is 15.1 Å². The molecular formula is C8H5F3N3-. The lowest BCUT2D eigenvalue weighted by Gasteiger charge is -2.14. The molecule has 0 saturated heterocycles. The predicted molar refractivity (Wildman–Crippen MR) is 43.0 cm³/mol. The van der Waals surface area contributed by atoms with Crippen LogP contribution in [0.15, 0.2) is 12.3 Å². The Morgan fingerprint density at radius 3 is 2.86 bits per heavy atom. The van der Waals surface area contributed by atoms with Gasteiger partial charge in [0.1, 0.15) is 5.69 Å². The number of hydrogen-bond acceptors (Lipinski definition) is 1. The van der Waals surface area contributed by atoms with E-state index < -0.39 is 11.9 Å². The van der Waals surface area contributed by atoms with Gasteiger partial charge in [-0.25, -0.2) is 0 Å². The van der Waals surface area contributed by atoms with Crippen molar-refractivity contribution in [2.24, 2.45) is 0 Å². The summed E-state index contributed by atoms with van der Waals surface area (Å²) in [6.45, 7) is 4.95. The molecule has 0 fully saturated rings. The zero-order valence-electron chi connectivity index (χ0n) is 6.91. The molecule has 0 spiro atoms. The van der Waals surface area contributed by atoms with E-state index in [0.29, 0.717) is 5.56 Å². The van der Waals surface area contributed by atoms with Crippen molar-refractivity contribution in [3.8, 4) is 0 Å². The molecule has 0 aromatic carbocycles. The second-order valence-corrected chi connectivity index (χ2v) is 2.79. The normalized spacial score (nSPS) is 14.6. The molecule has 0 N–H and O–H groups in total. The molecule has 1 aliphatic heterocycles. The van der Waals surface area contributed by atoms with Gasteiger partial charge in [0.15, 0.2) is 0 Å². The van der Waals surface area contributed by atoms with Crippen LogP contribution in [0.3, 0.4) is 0 Å². The minimum Gasteiger partial charge on any atom is -0.468 e. The molecule has 6 heteroatoms. The standard InChI is InChI=1S/C8H5F3N3/c1-14-4-5-3-12-7(8(9,10)11)2-6(5)13-14/h2-4H,1H2/q-1. The van der Waals surface area contributed by atoms with E-state index in [0.717, 1.165) is 12.3 Å². The van der Waals surface area contributed by atoms with E-state index in [1.807, 2.05) is 0 Å². The quantitative estimate of drug-likeness (QED) is 0.466. The number of halogens is 3. The molecule has 0 atom stereocenters. The highest BCUT2D eigenvalue weighted by Crippen LogP contribution is 2.37. The van der Waals surface area contributed by atoms with Crippen molar-refractivity contribution < 1.29 is 17.9 Å². The van der Waals surface area contributed by atoms with Gasteiger partial charge in [-0.15, -0.1) is 0 Å². The molecule has 0 saturated carbocycles. The number of rotatable bonds is 0. The van der Waals surface area contributed by atoms with Crippen molar-refractivity contribution in [3.05, 3.63) is 35.5 Å². The van der Waals surface area contributed by atoms with E-state index in [9.17, 15) is 13.2 Å². The molecule has 1 aromatic rings. The van der Waals surface area contributed by atoms with Crippen LogP contribution in [0.1, 0.15) is 11.3 Å². The molecule has 1 aromatic heterocycles. The van der Waals surface area contributed by atoms with Crippen LogP contribution < -0.4 is 0 Å². The monoisotopic (exact) mass is 200 g/mol. The fourth-order valence-corrected chi connectivity index (χ4v) is 1.12. The van der Waals surface area contributed by atoms with Gasteiger partial charge in [0.25, 0.3) is 0 Å². The molecule has 14 heavy (non-hydrogen) atoms. The first kappa shape index (κ1) is 8.86. The van der Waals surface area contributed by atoms with Crippen LogP contribution in [0.25, 0.3) is 5.43 Å². The van der Waals surface area contributed by atoms with Gasteiger partial charge in [-0.05, 0) is 6.20 Å². The van der Waals surface area contributed by atoms with Gasteiger partial charge in [-0.3, -0.25) is 0 Å². The summed E-state index contributed by atoms with van der Waals surface area (Å²) in [6, 6.07) is 0.900. The summed E-state index contributed by atoms with van der Waals surface area (Å²) in [6.07, 6.45) is -3.30. The Labute approximate surface area is 77.9 Å². The van der Waals surface area contributed by atoms with Crippen LogP contribution in [0.4, 0.5) is 18.9 Å². The van der Waals surface area contributed by atoms with Crippen LogP contribution in [-0.2, 0) is 6.18 Å². The van der Waals surface area contributed by atoms with Gasteiger partial charge >= 0.3 is 6.18 Å². The summed E-state index contributed by atoms with van der Waals surface area (Å²) in [5.41, 5.74) is 3.59. The fourth-order valence-electron chi connectivity index (χ4n) is 1.12. The Balaban J connectivity index is 2.43. The molecule has 74 valence electrons. The van der Waals surface area contributed by atoms with Crippen LogP contribution in [0, 0.1) is 6.54 Å². The number of pyridine rings is 1. The average molecular weight is 200 g/mol. The van der Waals surface area contributed by atoms with E-state index in [1.54, 1.807) is 0 Å². The van der Waals surface area contributed by atoms with E-state index in [4.69, 9.17) is 0 Å². The molecule has 0 amide bonds. The van der Waals surface area contributed by atoms with Crippen LogP contribution in [0.5, 0.6) is 0 Å². The summed E-state index contributed by atoms with van der Waals surface area (Å²) in [5.74, 6) is 0. The van der Waals surface area contributed by atoms with Crippen molar-refractivity contribution in [1.82, 2.24) is 4.98 Å². The molecule has 0 radical (unpaired) electrons. The third kappa shape index (κ3) is 1.39. The summed E-state index contributed by atoms with van der Waals surface area (Å²) in [7, 11) is 0. The zero-order valence-corrected chi connectivity index (χ0v) is 6.91. The van der Waals surface area contributed by atoms with Crippen molar-refractivity contribution in [3.63, 3.8) is 0 Å². The van der Waals surface area contributed by atoms with Gasteiger partial charge in [0.2, 0.25) is 0 Å². The average Bonchev–Trinajstić information content (AvgIpc) is 2.41. The third-order valence-electron chi connectivity index (χ3n) is 1.73. The minimum atomic E-state index is -4.43. The highest BCUT2D eigenvalue weighted by molar-refractivity contribution is 5.59. The smallest absolute Gasteiger partial charge is 0.431 e. The van der Waals surface area contributed by atoms with Crippen molar-refractivity contribution >= 4 is 12.4 Å². The number of hydrogen-bond donors (Lipinski definition) is 0. The van der Waals surface area contributed by atoms with Crippen LogP contribution >= 0.6 is 0 Å². The summed E-state index contributed by atoms with van der Waals surface area (Å²) < 4.78 is 37.8. The Bertz CT molecular complexity index is 397. The molecule has 1 aliphatic rings. The minimum absolute atomic E-state index is 0.238. The maximum Gasteiger partial charge on any atom is 0.431 e. The maximum absolute atomic E-state index is 12.2.